The molecule has 1 rings (SSSR count). The zero-order chi connectivity index (χ0) is 12.1. The van der Waals surface area contributed by atoms with E-state index in [1.54, 1.807) is 11.3 Å². The predicted molar refractivity (Wildman–Crippen MR) is 62.4 cm³/mol. The van der Waals surface area contributed by atoms with Gasteiger partial charge in [0.15, 0.2) is 0 Å². The summed E-state index contributed by atoms with van der Waals surface area (Å²) in [5, 5.41) is 11.0. The SMILES string of the molecule is Cc1ccc(C(C)NC(=O)C=CC(=O)O)s1. The average molecular weight is 239 g/mol. The molecule has 5 heteroatoms. The van der Waals surface area contributed by atoms with E-state index in [1.807, 2.05) is 26.0 Å². The van der Waals surface area contributed by atoms with Crippen molar-refractivity contribution in [1.29, 1.82) is 0 Å². The van der Waals surface area contributed by atoms with Gasteiger partial charge in [0.05, 0.1) is 6.04 Å². The van der Waals surface area contributed by atoms with Gasteiger partial charge in [0, 0.05) is 21.9 Å². The molecule has 0 spiro atoms. The first-order valence-electron chi connectivity index (χ1n) is 4.77. The van der Waals surface area contributed by atoms with Gasteiger partial charge in [0.1, 0.15) is 0 Å². The van der Waals surface area contributed by atoms with Gasteiger partial charge < -0.3 is 10.4 Å². The topological polar surface area (TPSA) is 66.4 Å². The van der Waals surface area contributed by atoms with Crippen molar-refractivity contribution in [1.82, 2.24) is 5.32 Å². The Bertz CT molecular complexity index is 423. The number of thiophene rings is 1. The van der Waals surface area contributed by atoms with Crippen molar-refractivity contribution in [3.63, 3.8) is 0 Å². The maximum atomic E-state index is 11.3. The van der Waals surface area contributed by atoms with Crippen LogP contribution < -0.4 is 5.32 Å². The van der Waals surface area contributed by atoms with E-state index in [0.29, 0.717) is 0 Å². The second kappa shape index (κ2) is 5.46. The van der Waals surface area contributed by atoms with Crippen molar-refractivity contribution < 1.29 is 14.7 Å². The molecule has 0 saturated carbocycles. The minimum atomic E-state index is -1.13. The van der Waals surface area contributed by atoms with E-state index in [4.69, 9.17) is 5.11 Å². The molecule has 1 unspecified atom stereocenters. The molecular formula is C11H13NO3S. The summed E-state index contributed by atoms with van der Waals surface area (Å²) in [5.74, 6) is -1.53. The molecule has 0 aliphatic carbocycles. The number of hydrogen-bond acceptors (Lipinski definition) is 3. The fourth-order valence-corrected chi connectivity index (χ4v) is 2.05. The predicted octanol–water partition coefficient (Wildman–Crippen LogP) is 1.87. The summed E-state index contributed by atoms with van der Waals surface area (Å²) in [7, 11) is 0. The third kappa shape index (κ3) is 3.86. The van der Waals surface area contributed by atoms with Crippen molar-refractivity contribution in [3.8, 4) is 0 Å². The van der Waals surface area contributed by atoms with Gasteiger partial charge in [-0.25, -0.2) is 4.79 Å². The summed E-state index contributed by atoms with van der Waals surface area (Å²) in [4.78, 5) is 23.7. The summed E-state index contributed by atoms with van der Waals surface area (Å²) in [6.07, 6.45) is 1.83. The maximum absolute atomic E-state index is 11.3. The number of aryl methyl sites for hydroxylation is 1. The van der Waals surface area contributed by atoms with E-state index < -0.39 is 11.9 Å². The molecule has 0 saturated heterocycles. The van der Waals surface area contributed by atoms with Crippen LogP contribution in [0, 0.1) is 6.92 Å². The Morgan fingerprint density at radius 1 is 1.44 bits per heavy atom. The van der Waals surface area contributed by atoms with E-state index >= 15 is 0 Å². The molecule has 2 N–H and O–H groups in total. The van der Waals surface area contributed by atoms with Gasteiger partial charge in [-0.1, -0.05) is 0 Å². The van der Waals surface area contributed by atoms with Crippen LogP contribution in [0.3, 0.4) is 0 Å². The molecule has 86 valence electrons. The van der Waals surface area contributed by atoms with Crippen molar-refractivity contribution in [2.75, 3.05) is 0 Å². The first-order chi connectivity index (χ1) is 7.49. The highest BCUT2D eigenvalue weighted by atomic mass is 32.1. The Hall–Kier alpha value is -1.62. The van der Waals surface area contributed by atoms with Crippen LogP contribution in [-0.2, 0) is 9.59 Å². The average Bonchev–Trinajstić information content (AvgIpc) is 2.62. The van der Waals surface area contributed by atoms with E-state index in [0.717, 1.165) is 17.0 Å². The summed E-state index contributed by atoms with van der Waals surface area (Å²) >= 11 is 1.61. The molecule has 16 heavy (non-hydrogen) atoms. The second-order valence-corrected chi connectivity index (χ2v) is 4.67. The van der Waals surface area contributed by atoms with Crippen LogP contribution in [0.15, 0.2) is 24.3 Å². The lowest BCUT2D eigenvalue weighted by Crippen LogP contribution is -2.24. The lowest BCUT2D eigenvalue weighted by Gasteiger charge is -2.09. The molecule has 0 aliphatic heterocycles. The number of aliphatic carboxylic acids is 1. The Labute approximate surface area is 97.6 Å². The Balaban J connectivity index is 2.55. The molecule has 1 atom stereocenters. The van der Waals surface area contributed by atoms with Crippen LogP contribution in [0.2, 0.25) is 0 Å². The van der Waals surface area contributed by atoms with Gasteiger partial charge >= 0.3 is 5.97 Å². The minimum Gasteiger partial charge on any atom is -0.478 e. The Kier molecular flexibility index (Phi) is 4.25. The fourth-order valence-electron chi connectivity index (χ4n) is 1.17. The molecular weight excluding hydrogens is 226 g/mol. The van der Waals surface area contributed by atoms with E-state index in [9.17, 15) is 9.59 Å². The van der Waals surface area contributed by atoms with Crippen molar-refractivity contribution in [2.24, 2.45) is 0 Å². The summed E-state index contributed by atoms with van der Waals surface area (Å²) in [6.45, 7) is 3.85. The maximum Gasteiger partial charge on any atom is 0.328 e. The number of rotatable bonds is 4. The first-order valence-corrected chi connectivity index (χ1v) is 5.58. The molecule has 1 heterocycles. The molecule has 1 aromatic rings. The molecule has 0 radical (unpaired) electrons. The minimum absolute atomic E-state index is 0.107. The van der Waals surface area contributed by atoms with Gasteiger partial charge in [-0.3, -0.25) is 4.79 Å². The fraction of sp³-hybridized carbons (Fsp3) is 0.273. The molecule has 1 amide bonds. The molecule has 1 aromatic heterocycles. The van der Waals surface area contributed by atoms with E-state index in [1.165, 1.54) is 4.88 Å². The second-order valence-electron chi connectivity index (χ2n) is 3.35. The standard InChI is InChI=1S/C11H13NO3S/c1-7-3-4-9(16-7)8(2)12-10(13)5-6-11(14)15/h3-6,8H,1-2H3,(H,12,13)(H,14,15). The lowest BCUT2D eigenvalue weighted by atomic mass is 10.2. The zero-order valence-corrected chi connectivity index (χ0v) is 9.88. The first kappa shape index (κ1) is 12.4. The highest BCUT2D eigenvalue weighted by Gasteiger charge is 2.09. The largest absolute Gasteiger partial charge is 0.478 e. The van der Waals surface area contributed by atoms with Crippen molar-refractivity contribution in [3.05, 3.63) is 34.0 Å². The van der Waals surface area contributed by atoms with Gasteiger partial charge in [0.25, 0.3) is 0 Å². The number of carbonyl (C=O) groups is 2. The molecule has 0 fully saturated rings. The number of amides is 1. The number of hydrogen-bond donors (Lipinski definition) is 2. The smallest absolute Gasteiger partial charge is 0.328 e. The normalized spacial score (nSPS) is 12.6. The van der Waals surface area contributed by atoms with Crippen LogP contribution in [0.4, 0.5) is 0 Å². The van der Waals surface area contributed by atoms with E-state index in [2.05, 4.69) is 5.32 Å². The van der Waals surface area contributed by atoms with Crippen LogP contribution in [0.1, 0.15) is 22.7 Å². The third-order valence-corrected chi connectivity index (χ3v) is 3.11. The highest BCUT2D eigenvalue weighted by Crippen LogP contribution is 2.21. The molecule has 4 nitrogen and oxygen atoms in total. The van der Waals surface area contributed by atoms with Crippen LogP contribution in [-0.4, -0.2) is 17.0 Å². The Morgan fingerprint density at radius 2 is 2.12 bits per heavy atom. The van der Waals surface area contributed by atoms with Gasteiger partial charge in [-0.2, -0.15) is 0 Å². The Morgan fingerprint density at radius 3 is 2.62 bits per heavy atom. The number of carbonyl (C=O) groups excluding carboxylic acids is 1. The quantitative estimate of drug-likeness (QED) is 0.788. The van der Waals surface area contributed by atoms with Gasteiger partial charge in [-0.15, -0.1) is 11.3 Å². The summed E-state index contributed by atoms with van der Waals surface area (Å²) in [5.41, 5.74) is 0. The lowest BCUT2D eigenvalue weighted by molar-refractivity contribution is -0.131. The van der Waals surface area contributed by atoms with E-state index in [-0.39, 0.29) is 6.04 Å². The van der Waals surface area contributed by atoms with Crippen LogP contribution in [0.25, 0.3) is 0 Å². The molecule has 0 bridgehead atoms. The molecule has 0 aliphatic rings. The van der Waals surface area contributed by atoms with Crippen molar-refractivity contribution >= 4 is 23.2 Å². The van der Waals surface area contributed by atoms with Crippen LogP contribution >= 0.6 is 11.3 Å². The third-order valence-electron chi connectivity index (χ3n) is 1.92. The summed E-state index contributed by atoms with van der Waals surface area (Å²) in [6, 6.07) is 3.83. The number of nitrogens with one attached hydrogen (secondary N) is 1. The van der Waals surface area contributed by atoms with Crippen LogP contribution in [0.5, 0.6) is 0 Å². The van der Waals surface area contributed by atoms with Gasteiger partial charge in [0.2, 0.25) is 5.91 Å². The monoisotopic (exact) mass is 239 g/mol. The molecule has 0 aromatic carbocycles. The highest BCUT2D eigenvalue weighted by molar-refractivity contribution is 7.12. The summed E-state index contributed by atoms with van der Waals surface area (Å²) < 4.78 is 0. The number of carboxylic acids is 1. The van der Waals surface area contributed by atoms with Gasteiger partial charge in [-0.05, 0) is 26.0 Å². The number of carboxylic acid groups (broad SMARTS) is 1. The zero-order valence-electron chi connectivity index (χ0n) is 9.06. The van der Waals surface area contributed by atoms with Crippen molar-refractivity contribution in [2.45, 2.75) is 19.9 Å².